The number of hydrogen-bond donors (Lipinski definition) is 1. The molecule has 0 aliphatic carbocycles. The second kappa shape index (κ2) is 6.62. The van der Waals surface area contributed by atoms with E-state index in [1.54, 1.807) is 23.2 Å². The van der Waals surface area contributed by atoms with Crippen LogP contribution in [0.25, 0.3) is 0 Å². The highest BCUT2D eigenvalue weighted by Gasteiger charge is 2.26. The summed E-state index contributed by atoms with van der Waals surface area (Å²) in [4.78, 5) is 20.3. The number of carbonyl (C=O) groups excluding carboxylic acids is 1. The Labute approximate surface area is 131 Å². The Morgan fingerprint density at radius 2 is 2.18 bits per heavy atom. The predicted octanol–water partition coefficient (Wildman–Crippen LogP) is 0.301. The van der Waals surface area contributed by atoms with Crippen LogP contribution in [0.1, 0.15) is 23.2 Å². The molecule has 0 radical (unpaired) electrons. The minimum atomic E-state index is -3.26. The maximum Gasteiger partial charge on any atom is 0.254 e. The van der Waals surface area contributed by atoms with E-state index in [4.69, 9.17) is 0 Å². The zero-order chi connectivity index (χ0) is 16.3. The molecule has 2 heterocycles. The van der Waals surface area contributed by atoms with E-state index >= 15 is 0 Å². The van der Waals surface area contributed by atoms with Gasteiger partial charge in [-0.25, -0.2) is 18.1 Å². The van der Waals surface area contributed by atoms with Crippen molar-refractivity contribution in [2.75, 3.05) is 38.3 Å². The van der Waals surface area contributed by atoms with E-state index < -0.39 is 10.0 Å². The smallest absolute Gasteiger partial charge is 0.254 e. The average molecular weight is 326 g/mol. The highest BCUT2D eigenvalue weighted by molar-refractivity contribution is 7.88. The number of hydrogen-bond acceptors (Lipinski definition) is 5. The minimum Gasteiger partial charge on any atom is -0.363 e. The largest absolute Gasteiger partial charge is 0.363 e. The van der Waals surface area contributed by atoms with Gasteiger partial charge in [-0.1, -0.05) is 0 Å². The lowest BCUT2D eigenvalue weighted by Crippen LogP contribution is -2.49. The number of amides is 1. The van der Waals surface area contributed by atoms with Crippen LogP contribution in [0.4, 0.5) is 5.82 Å². The number of nitrogens with one attached hydrogen (secondary N) is 1. The summed E-state index contributed by atoms with van der Waals surface area (Å²) in [5, 5.41) is 0. The van der Waals surface area contributed by atoms with Crippen molar-refractivity contribution in [3.63, 3.8) is 0 Å². The summed E-state index contributed by atoms with van der Waals surface area (Å²) in [6.45, 7) is 1.03. The third-order valence-electron chi connectivity index (χ3n) is 3.54. The number of pyridine rings is 1. The Kier molecular flexibility index (Phi) is 5.02. The van der Waals surface area contributed by atoms with E-state index in [1.807, 2.05) is 19.0 Å². The molecule has 1 aromatic heterocycles. The van der Waals surface area contributed by atoms with Gasteiger partial charge in [0.2, 0.25) is 10.0 Å². The van der Waals surface area contributed by atoms with Gasteiger partial charge < -0.3 is 9.80 Å². The highest BCUT2D eigenvalue weighted by atomic mass is 32.2. The molecule has 0 bridgehead atoms. The Balaban J connectivity index is 2.10. The highest BCUT2D eigenvalue weighted by Crippen LogP contribution is 2.16. The summed E-state index contributed by atoms with van der Waals surface area (Å²) in [5.74, 6) is 0.624. The zero-order valence-electron chi connectivity index (χ0n) is 13.1. The number of likely N-dealkylation sites (tertiary alicyclic amines) is 1. The Morgan fingerprint density at radius 1 is 1.45 bits per heavy atom. The average Bonchev–Trinajstić information content (AvgIpc) is 2.45. The first-order chi connectivity index (χ1) is 10.3. The fourth-order valence-electron chi connectivity index (χ4n) is 2.54. The molecule has 0 spiro atoms. The molecule has 0 aromatic carbocycles. The van der Waals surface area contributed by atoms with Crippen molar-refractivity contribution >= 4 is 21.7 Å². The number of aromatic nitrogens is 1. The molecule has 2 rings (SSSR count). The first-order valence-corrected chi connectivity index (χ1v) is 9.05. The van der Waals surface area contributed by atoms with E-state index in [-0.39, 0.29) is 11.9 Å². The quantitative estimate of drug-likeness (QED) is 0.860. The fraction of sp³-hybridized carbons (Fsp3) is 0.571. The number of anilines is 1. The number of sulfonamides is 1. The van der Waals surface area contributed by atoms with Gasteiger partial charge >= 0.3 is 0 Å². The molecule has 22 heavy (non-hydrogen) atoms. The van der Waals surface area contributed by atoms with Crippen LogP contribution in [-0.4, -0.2) is 63.7 Å². The maximum atomic E-state index is 12.6. The van der Waals surface area contributed by atoms with E-state index in [0.717, 1.165) is 19.1 Å². The van der Waals surface area contributed by atoms with Crippen LogP contribution in [-0.2, 0) is 10.0 Å². The van der Waals surface area contributed by atoms with Gasteiger partial charge in [0.1, 0.15) is 5.82 Å². The summed E-state index contributed by atoms with van der Waals surface area (Å²) in [6, 6.07) is 3.21. The van der Waals surface area contributed by atoms with Gasteiger partial charge in [0.25, 0.3) is 5.91 Å². The van der Waals surface area contributed by atoms with Gasteiger partial charge in [0.15, 0.2) is 0 Å². The van der Waals surface area contributed by atoms with Crippen LogP contribution in [0.15, 0.2) is 18.3 Å². The third kappa shape index (κ3) is 4.41. The lowest BCUT2D eigenvalue weighted by atomic mass is 10.1. The van der Waals surface area contributed by atoms with Crippen LogP contribution in [0, 0.1) is 0 Å². The molecule has 8 heteroatoms. The first kappa shape index (κ1) is 16.7. The van der Waals surface area contributed by atoms with Crippen LogP contribution in [0.3, 0.4) is 0 Å². The van der Waals surface area contributed by atoms with Gasteiger partial charge in [-0.3, -0.25) is 4.79 Å². The first-order valence-electron chi connectivity index (χ1n) is 7.16. The SMILES string of the molecule is CN(C)c1cc(C(=O)N2CCCC(NS(C)(=O)=O)C2)ccn1. The molecule has 0 saturated carbocycles. The van der Waals surface area contributed by atoms with Gasteiger partial charge in [-0.15, -0.1) is 0 Å². The molecule has 1 aliphatic rings. The fourth-order valence-corrected chi connectivity index (χ4v) is 3.34. The van der Waals surface area contributed by atoms with Gasteiger partial charge in [-0.05, 0) is 25.0 Å². The molecule has 1 fully saturated rings. The molecule has 1 amide bonds. The molecule has 1 unspecified atom stereocenters. The maximum absolute atomic E-state index is 12.6. The standard InChI is InChI=1S/C14H22N4O3S/c1-17(2)13-9-11(6-7-15-13)14(19)18-8-4-5-12(10-18)16-22(3,20)21/h6-7,9,12,16H,4-5,8,10H2,1-3H3. The van der Waals surface area contributed by atoms with E-state index in [1.165, 1.54) is 0 Å². The van der Waals surface area contributed by atoms with Crippen molar-refractivity contribution in [1.82, 2.24) is 14.6 Å². The predicted molar refractivity (Wildman–Crippen MR) is 85.5 cm³/mol. The minimum absolute atomic E-state index is 0.0921. The number of rotatable bonds is 4. The summed E-state index contributed by atoms with van der Waals surface area (Å²) < 4.78 is 25.3. The van der Waals surface area contributed by atoms with Crippen LogP contribution in [0.5, 0.6) is 0 Å². The lowest BCUT2D eigenvalue weighted by Gasteiger charge is -2.32. The lowest BCUT2D eigenvalue weighted by molar-refractivity contribution is 0.0703. The van der Waals surface area contributed by atoms with Gasteiger partial charge in [-0.2, -0.15) is 0 Å². The van der Waals surface area contributed by atoms with Crippen molar-refractivity contribution in [1.29, 1.82) is 0 Å². The zero-order valence-corrected chi connectivity index (χ0v) is 13.9. The van der Waals surface area contributed by atoms with Gasteiger partial charge in [0.05, 0.1) is 6.26 Å². The summed E-state index contributed by atoms with van der Waals surface area (Å²) in [7, 11) is 0.469. The normalized spacial score (nSPS) is 19.0. The molecule has 1 saturated heterocycles. The molecular weight excluding hydrogens is 304 g/mol. The molecule has 1 atom stereocenters. The molecule has 122 valence electrons. The molecule has 1 N–H and O–H groups in total. The Hall–Kier alpha value is -1.67. The van der Waals surface area contributed by atoms with Crippen molar-refractivity contribution in [2.24, 2.45) is 0 Å². The van der Waals surface area contributed by atoms with Crippen molar-refractivity contribution in [3.05, 3.63) is 23.9 Å². The molecule has 1 aromatic rings. The summed E-state index contributed by atoms with van der Waals surface area (Å²) in [5.41, 5.74) is 0.568. The van der Waals surface area contributed by atoms with Crippen LogP contribution in [0.2, 0.25) is 0 Å². The summed E-state index contributed by atoms with van der Waals surface area (Å²) >= 11 is 0. The molecular formula is C14H22N4O3S. The van der Waals surface area contributed by atoms with Crippen molar-refractivity contribution in [3.8, 4) is 0 Å². The topological polar surface area (TPSA) is 82.6 Å². The van der Waals surface area contributed by atoms with Crippen molar-refractivity contribution in [2.45, 2.75) is 18.9 Å². The van der Waals surface area contributed by atoms with Crippen LogP contribution >= 0.6 is 0 Å². The number of carbonyl (C=O) groups is 1. The second-order valence-electron chi connectivity index (χ2n) is 5.78. The summed E-state index contributed by atoms with van der Waals surface area (Å²) in [6.07, 6.45) is 4.28. The second-order valence-corrected chi connectivity index (χ2v) is 7.56. The Bertz CT molecular complexity index is 645. The van der Waals surface area contributed by atoms with E-state index in [0.29, 0.717) is 24.5 Å². The third-order valence-corrected chi connectivity index (χ3v) is 4.30. The Morgan fingerprint density at radius 3 is 2.82 bits per heavy atom. The number of piperidine rings is 1. The van der Waals surface area contributed by atoms with Gasteiger partial charge in [0, 0.05) is 45.0 Å². The van der Waals surface area contributed by atoms with Crippen molar-refractivity contribution < 1.29 is 13.2 Å². The molecule has 1 aliphatic heterocycles. The van der Waals surface area contributed by atoms with E-state index in [2.05, 4.69) is 9.71 Å². The number of nitrogens with zero attached hydrogens (tertiary/aromatic N) is 3. The molecule has 7 nitrogen and oxygen atoms in total. The van der Waals surface area contributed by atoms with Crippen LogP contribution < -0.4 is 9.62 Å². The van der Waals surface area contributed by atoms with E-state index in [9.17, 15) is 13.2 Å². The monoisotopic (exact) mass is 326 g/mol.